The lowest BCUT2D eigenvalue weighted by molar-refractivity contribution is 0.0459. The molecule has 0 bridgehead atoms. The van der Waals surface area contributed by atoms with Crippen LogP contribution in [0.2, 0.25) is 0 Å². The molecule has 88 valence electrons. The Morgan fingerprint density at radius 3 is 2.62 bits per heavy atom. The minimum atomic E-state index is -0.358. The standard InChI is InChI=1S/C12H17NO3/c1-8(2)7-16-12(14)9-4-5-11(15-3)10(13)6-9/h4-6,8H,7,13H2,1-3H3. The van der Waals surface area contributed by atoms with E-state index in [2.05, 4.69) is 0 Å². The summed E-state index contributed by atoms with van der Waals surface area (Å²) in [4.78, 5) is 11.6. The molecule has 0 fully saturated rings. The van der Waals surface area contributed by atoms with E-state index in [-0.39, 0.29) is 5.97 Å². The van der Waals surface area contributed by atoms with Crippen LogP contribution in [0.1, 0.15) is 24.2 Å². The summed E-state index contributed by atoms with van der Waals surface area (Å²) >= 11 is 0. The van der Waals surface area contributed by atoms with E-state index >= 15 is 0 Å². The number of benzene rings is 1. The third-order valence-electron chi connectivity index (χ3n) is 2.01. The number of carbonyl (C=O) groups excluding carboxylic acids is 1. The van der Waals surface area contributed by atoms with Crippen molar-refractivity contribution in [3.05, 3.63) is 23.8 Å². The van der Waals surface area contributed by atoms with Gasteiger partial charge in [0.05, 0.1) is 25.0 Å². The molecule has 0 aromatic heterocycles. The SMILES string of the molecule is COc1ccc(C(=O)OCC(C)C)cc1N. The first-order valence-electron chi connectivity index (χ1n) is 5.15. The van der Waals surface area contributed by atoms with E-state index in [1.54, 1.807) is 18.2 Å². The van der Waals surface area contributed by atoms with Gasteiger partial charge in [-0.1, -0.05) is 13.8 Å². The molecule has 0 aliphatic rings. The maximum Gasteiger partial charge on any atom is 0.338 e. The number of methoxy groups -OCH3 is 1. The minimum absolute atomic E-state index is 0.319. The fourth-order valence-corrected chi connectivity index (χ4v) is 1.19. The Balaban J connectivity index is 2.73. The van der Waals surface area contributed by atoms with Crippen molar-refractivity contribution in [1.29, 1.82) is 0 Å². The molecule has 4 heteroatoms. The highest BCUT2D eigenvalue weighted by Crippen LogP contribution is 2.22. The number of hydrogen-bond donors (Lipinski definition) is 1. The number of nitrogen functional groups attached to an aromatic ring is 1. The molecule has 16 heavy (non-hydrogen) atoms. The Morgan fingerprint density at radius 2 is 2.12 bits per heavy atom. The summed E-state index contributed by atoms with van der Waals surface area (Å²) in [6.07, 6.45) is 0. The summed E-state index contributed by atoms with van der Waals surface area (Å²) in [7, 11) is 1.53. The second-order valence-corrected chi connectivity index (χ2v) is 3.95. The van der Waals surface area contributed by atoms with Gasteiger partial charge in [0.15, 0.2) is 0 Å². The van der Waals surface area contributed by atoms with Gasteiger partial charge in [-0.25, -0.2) is 4.79 Å². The largest absolute Gasteiger partial charge is 0.495 e. The lowest BCUT2D eigenvalue weighted by atomic mass is 10.2. The summed E-state index contributed by atoms with van der Waals surface area (Å²) in [5, 5.41) is 0. The van der Waals surface area contributed by atoms with Crippen molar-refractivity contribution in [3.63, 3.8) is 0 Å². The molecule has 0 saturated carbocycles. The Kier molecular flexibility index (Phi) is 4.17. The van der Waals surface area contributed by atoms with Crippen LogP contribution >= 0.6 is 0 Å². The molecule has 0 radical (unpaired) electrons. The zero-order chi connectivity index (χ0) is 12.1. The van der Waals surface area contributed by atoms with Crippen LogP contribution in [0.4, 0.5) is 5.69 Å². The Morgan fingerprint density at radius 1 is 1.44 bits per heavy atom. The molecule has 0 aliphatic heterocycles. The average Bonchev–Trinajstić information content (AvgIpc) is 2.25. The third-order valence-corrected chi connectivity index (χ3v) is 2.01. The lowest BCUT2D eigenvalue weighted by Gasteiger charge is -2.09. The number of ether oxygens (including phenoxy) is 2. The highest BCUT2D eigenvalue weighted by Gasteiger charge is 2.10. The van der Waals surface area contributed by atoms with Crippen molar-refractivity contribution in [2.45, 2.75) is 13.8 Å². The van der Waals surface area contributed by atoms with E-state index in [1.165, 1.54) is 7.11 Å². The van der Waals surface area contributed by atoms with Gasteiger partial charge >= 0.3 is 5.97 Å². The van der Waals surface area contributed by atoms with Gasteiger partial charge in [0.2, 0.25) is 0 Å². The smallest absolute Gasteiger partial charge is 0.338 e. The third kappa shape index (κ3) is 3.15. The molecule has 0 amide bonds. The van der Waals surface area contributed by atoms with E-state index in [4.69, 9.17) is 15.2 Å². The summed E-state index contributed by atoms with van der Waals surface area (Å²) in [6.45, 7) is 4.37. The molecule has 0 saturated heterocycles. The lowest BCUT2D eigenvalue weighted by Crippen LogP contribution is -2.10. The molecule has 2 N–H and O–H groups in total. The zero-order valence-corrected chi connectivity index (χ0v) is 9.82. The number of anilines is 1. The maximum atomic E-state index is 11.6. The molecular weight excluding hydrogens is 206 g/mol. The molecule has 1 rings (SSSR count). The minimum Gasteiger partial charge on any atom is -0.495 e. The van der Waals surface area contributed by atoms with Crippen LogP contribution in [0.3, 0.4) is 0 Å². The first-order valence-corrected chi connectivity index (χ1v) is 5.15. The van der Waals surface area contributed by atoms with E-state index in [0.717, 1.165) is 0 Å². The van der Waals surface area contributed by atoms with Crippen LogP contribution in [0, 0.1) is 5.92 Å². The molecule has 1 aromatic carbocycles. The van der Waals surface area contributed by atoms with Crippen LogP contribution < -0.4 is 10.5 Å². The molecule has 0 atom stereocenters. The van der Waals surface area contributed by atoms with E-state index in [1.807, 2.05) is 13.8 Å². The molecular formula is C12H17NO3. The maximum absolute atomic E-state index is 11.6. The molecule has 1 aromatic rings. The average molecular weight is 223 g/mol. The predicted molar refractivity (Wildman–Crippen MR) is 62.5 cm³/mol. The summed E-state index contributed by atoms with van der Waals surface area (Å²) in [6, 6.07) is 4.85. The van der Waals surface area contributed by atoms with Crippen molar-refractivity contribution in [2.24, 2.45) is 5.92 Å². The first kappa shape index (κ1) is 12.4. The van der Waals surface area contributed by atoms with Gasteiger partial charge in [0.1, 0.15) is 5.75 Å². The first-order chi connectivity index (χ1) is 7.54. The number of rotatable bonds is 4. The zero-order valence-electron chi connectivity index (χ0n) is 9.82. The van der Waals surface area contributed by atoms with Crippen molar-refractivity contribution < 1.29 is 14.3 Å². The van der Waals surface area contributed by atoms with Crippen LogP contribution in [0.15, 0.2) is 18.2 Å². The number of esters is 1. The van der Waals surface area contributed by atoms with Crippen LogP contribution in [0.5, 0.6) is 5.75 Å². The Bertz CT molecular complexity index is 375. The highest BCUT2D eigenvalue weighted by molar-refractivity contribution is 5.91. The van der Waals surface area contributed by atoms with E-state index < -0.39 is 0 Å². The van der Waals surface area contributed by atoms with E-state index in [9.17, 15) is 4.79 Å². The summed E-state index contributed by atoms with van der Waals surface area (Å²) in [5.41, 5.74) is 6.57. The van der Waals surface area contributed by atoms with E-state index in [0.29, 0.717) is 29.5 Å². The Hall–Kier alpha value is -1.71. The van der Waals surface area contributed by atoms with Gasteiger partial charge in [-0.05, 0) is 24.1 Å². The predicted octanol–water partition coefficient (Wildman–Crippen LogP) is 2.09. The fraction of sp³-hybridized carbons (Fsp3) is 0.417. The van der Waals surface area contributed by atoms with Gasteiger partial charge < -0.3 is 15.2 Å². The molecule has 0 heterocycles. The quantitative estimate of drug-likeness (QED) is 0.627. The van der Waals surface area contributed by atoms with Gasteiger partial charge in [0.25, 0.3) is 0 Å². The Labute approximate surface area is 95.3 Å². The van der Waals surface area contributed by atoms with Crippen molar-refractivity contribution in [2.75, 3.05) is 19.5 Å². The number of carbonyl (C=O) groups is 1. The molecule has 0 aliphatic carbocycles. The van der Waals surface area contributed by atoms with Crippen molar-refractivity contribution >= 4 is 11.7 Å². The topological polar surface area (TPSA) is 61.5 Å². The number of nitrogens with two attached hydrogens (primary N) is 1. The van der Waals surface area contributed by atoms with Crippen LogP contribution in [-0.2, 0) is 4.74 Å². The second-order valence-electron chi connectivity index (χ2n) is 3.95. The van der Waals surface area contributed by atoms with Crippen LogP contribution in [0.25, 0.3) is 0 Å². The number of hydrogen-bond acceptors (Lipinski definition) is 4. The molecule has 4 nitrogen and oxygen atoms in total. The molecule has 0 unspecified atom stereocenters. The second kappa shape index (κ2) is 5.39. The summed E-state index contributed by atoms with van der Waals surface area (Å²) < 4.78 is 10.1. The highest BCUT2D eigenvalue weighted by atomic mass is 16.5. The van der Waals surface area contributed by atoms with Crippen molar-refractivity contribution in [3.8, 4) is 5.75 Å². The fourth-order valence-electron chi connectivity index (χ4n) is 1.19. The van der Waals surface area contributed by atoms with Gasteiger partial charge in [-0.2, -0.15) is 0 Å². The monoisotopic (exact) mass is 223 g/mol. The van der Waals surface area contributed by atoms with Gasteiger partial charge in [-0.15, -0.1) is 0 Å². The van der Waals surface area contributed by atoms with Gasteiger partial charge in [-0.3, -0.25) is 0 Å². The van der Waals surface area contributed by atoms with Gasteiger partial charge in [0, 0.05) is 0 Å². The van der Waals surface area contributed by atoms with Crippen LogP contribution in [-0.4, -0.2) is 19.7 Å². The normalized spacial score (nSPS) is 10.2. The molecule has 0 spiro atoms. The van der Waals surface area contributed by atoms with Crippen molar-refractivity contribution in [1.82, 2.24) is 0 Å². The summed E-state index contributed by atoms with van der Waals surface area (Å²) in [5.74, 6) is 0.517.